The fraction of sp³-hybridized carbons (Fsp3) is 0.412. The molecule has 1 aliphatic heterocycles. The molecule has 1 N–H and O–H groups in total. The van der Waals surface area contributed by atoms with Gasteiger partial charge in [-0.2, -0.15) is 15.0 Å². The van der Waals surface area contributed by atoms with Crippen LogP contribution in [0.2, 0.25) is 5.02 Å². The van der Waals surface area contributed by atoms with E-state index in [2.05, 4.69) is 25.2 Å². The lowest BCUT2D eigenvalue weighted by Crippen LogP contribution is -2.38. The molecule has 1 aliphatic rings. The highest BCUT2D eigenvalue weighted by atomic mass is 35.5. The number of amides is 1. The first-order valence-corrected chi connectivity index (χ1v) is 8.69. The highest BCUT2D eigenvalue weighted by Crippen LogP contribution is 2.15. The van der Waals surface area contributed by atoms with Crippen LogP contribution in [-0.4, -0.2) is 61.3 Å². The number of benzene rings is 1. The molecule has 1 amide bonds. The molecule has 1 fully saturated rings. The van der Waals surface area contributed by atoms with E-state index < -0.39 is 0 Å². The number of aromatic nitrogens is 3. The van der Waals surface area contributed by atoms with Crippen LogP contribution in [0.5, 0.6) is 0 Å². The summed E-state index contributed by atoms with van der Waals surface area (Å²) in [6.45, 7) is 2.94. The Bertz CT molecular complexity index is 780. The minimum atomic E-state index is -0.229. The van der Waals surface area contributed by atoms with Crippen molar-refractivity contribution >= 4 is 29.4 Å². The molecule has 8 nitrogen and oxygen atoms in total. The Hall–Kier alpha value is -2.45. The number of rotatable bonds is 5. The van der Waals surface area contributed by atoms with Crippen molar-refractivity contribution in [2.24, 2.45) is 0 Å². The van der Waals surface area contributed by atoms with Crippen molar-refractivity contribution in [2.75, 3.05) is 50.2 Å². The molecule has 2 aromatic rings. The average Bonchev–Trinajstić information content (AvgIpc) is 2.66. The Morgan fingerprint density at radius 1 is 1.27 bits per heavy atom. The Morgan fingerprint density at radius 3 is 2.73 bits per heavy atom. The zero-order valence-corrected chi connectivity index (χ0v) is 15.5. The molecule has 0 aliphatic carbocycles. The van der Waals surface area contributed by atoms with Crippen LogP contribution in [0.25, 0.3) is 0 Å². The summed E-state index contributed by atoms with van der Waals surface area (Å²) in [6, 6.07) is 6.79. The Morgan fingerprint density at radius 2 is 2.04 bits per heavy atom. The van der Waals surface area contributed by atoms with Gasteiger partial charge in [0.2, 0.25) is 11.9 Å². The molecule has 26 heavy (non-hydrogen) atoms. The lowest BCUT2D eigenvalue weighted by molar-refractivity contribution is 0.0950. The van der Waals surface area contributed by atoms with E-state index >= 15 is 0 Å². The van der Waals surface area contributed by atoms with Gasteiger partial charge in [0, 0.05) is 37.8 Å². The first-order valence-electron chi connectivity index (χ1n) is 8.31. The number of nitrogens with zero attached hydrogens (tertiary/aromatic N) is 5. The normalized spacial score (nSPS) is 14.2. The number of nitrogens with one attached hydrogen (secondary N) is 1. The van der Waals surface area contributed by atoms with Crippen LogP contribution in [-0.2, 0) is 11.3 Å². The maximum atomic E-state index is 12.3. The Balaban J connectivity index is 1.75. The molecule has 3 rings (SSSR count). The molecule has 0 radical (unpaired) electrons. The number of anilines is 2. The van der Waals surface area contributed by atoms with Crippen molar-refractivity contribution in [2.45, 2.75) is 6.54 Å². The second-order valence-electron chi connectivity index (χ2n) is 6.04. The van der Waals surface area contributed by atoms with Crippen molar-refractivity contribution < 1.29 is 9.53 Å². The van der Waals surface area contributed by atoms with E-state index in [1.165, 1.54) is 0 Å². The van der Waals surface area contributed by atoms with Gasteiger partial charge in [0.1, 0.15) is 0 Å². The number of hydrogen-bond donors (Lipinski definition) is 1. The van der Waals surface area contributed by atoms with Crippen molar-refractivity contribution in [3.8, 4) is 0 Å². The second-order valence-corrected chi connectivity index (χ2v) is 6.47. The molecule has 0 saturated carbocycles. The summed E-state index contributed by atoms with van der Waals surface area (Å²) >= 11 is 5.93. The van der Waals surface area contributed by atoms with Crippen LogP contribution >= 0.6 is 11.6 Å². The van der Waals surface area contributed by atoms with E-state index in [0.29, 0.717) is 41.5 Å². The molecule has 138 valence electrons. The highest BCUT2D eigenvalue weighted by molar-refractivity contribution is 6.30. The van der Waals surface area contributed by atoms with E-state index in [4.69, 9.17) is 16.3 Å². The topological polar surface area (TPSA) is 83.5 Å². The molecule has 0 atom stereocenters. The molecule has 0 spiro atoms. The largest absolute Gasteiger partial charge is 0.378 e. The van der Waals surface area contributed by atoms with Gasteiger partial charge in [0.05, 0.1) is 19.8 Å². The van der Waals surface area contributed by atoms with Gasteiger partial charge in [0.25, 0.3) is 5.91 Å². The van der Waals surface area contributed by atoms with E-state index in [1.807, 2.05) is 19.0 Å². The third kappa shape index (κ3) is 4.59. The number of ether oxygens (including phenoxy) is 1. The predicted molar refractivity (Wildman–Crippen MR) is 99.8 cm³/mol. The Kier molecular flexibility index (Phi) is 5.85. The summed E-state index contributed by atoms with van der Waals surface area (Å²) in [5.41, 5.74) is 0.493. The van der Waals surface area contributed by atoms with Crippen LogP contribution in [0.4, 0.5) is 11.9 Å². The maximum absolute atomic E-state index is 12.3. The van der Waals surface area contributed by atoms with Gasteiger partial charge >= 0.3 is 0 Å². The third-order valence-electron chi connectivity index (χ3n) is 3.85. The smallest absolute Gasteiger partial charge is 0.251 e. The number of carbonyl (C=O) groups excluding carboxylic acids is 1. The molecule has 0 unspecified atom stereocenters. The number of halogens is 1. The minimum Gasteiger partial charge on any atom is -0.378 e. The standard InChI is InChI=1S/C17H21ClN6O2/c1-23(2)16-20-14(21-17(22-16)24-6-8-26-9-7-24)11-19-15(25)12-4-3-5-13(18)10-12/h3-5,10H,6-9,11H2,1-2H3,(H,19,25). The van der Waals surface area contributed by atoms with Gasteiger partial charge in [-0.3, -0.25) is 4.79 Å². The molecule has 1 aromatic carbocycles. The SMILES string of the molecule is CN(C)c1nc(CNC(=O)c2cccc(Cl)c2)nc(N2CCOCC2)n1. The summed E-state index contributed by atoms with van der Waals surface area (Å²) in [7, 11) is 3.74. The van der Waals surface area contributed by atoms with Gasteiger partial charge in [-0.15, -0.1) is 0 Å². The lowest BCUT2D eigenvalue weighted by atomic mass is 10.2. The summed E-state index contributed by atoms with van der Waals surface area (Å²) in [6.07, 6.45) is 0. The number of carbonyl (C=O) groups is 1. The van der Waals surface area contributed by atoms with Crippen LogP contribution in [0, 0.1) is 0 Å². The number of hydrogen-bond acceptors (Lipinski definition) is 7. The monoisotopic (exact) mass is 376 g/mol. The zero-order chi connectivity index (χ0) is 18.5. The predicted octanol–water partition coefficient (Wildman–Crippen LogP) is 1.36. The fourth-order valence-corrected chi connectivity index (χ4v) is 2.66. The van der Waals surface area contributed by atoms with Gasteiger partial charge in [-0.25, -0.2) is 0 Å². The third-order valence-corrected chi connectivity index (χ3v) is 4.08. The lowest BCUT2D eigenvalue weighted by Gasteiger charge is -2.27. The van der Waals surface area contributed by atoms with Gasteiger partial charge in [0.15, 0.2) is 5.82 Å². The summed E-state index contributed by atoms with van der Waals surface area (Å²) in [5.74, 6) is 1.42. The van der Waals surface area contributed by atoms with Crippen molar-refractivity contribution in [3.05, 3.63) is 40.7 Å². The first-order chi connectivity index (χ1) is 12.5. The first kappa shape index (κ1) is 18.3. The highest BCUT2D eigenvalue weighted by Gasteiger charge is 2.17. The molecular formula is C17H21ClN6O2. The molecule has 1 saturated heterocycles. The van der Waals surface area contributed by atoms with E-state index in [9.17, 15) is 4.79 Å². The molecule has 0 bridgehead atoms. The summed E-state index contributed by atoms with van der Waals surface area (Å²) < 4.78 is 5.38. The minimum absolute atomic E-state index is 0.200. The molecule has 9 heteroatoms. The van der Waals surface area contributed by atoms with Gasteiger partial charge < -0.3 is 19.9 Å². The molecular weight excluding hydrogens is 356 g/mol. The van der Waals surface area contributed by atoms with Crippen LogP contribution in [0.1, 0.15) is 16.2 Å². The quantitative estimate of drug-likeness (QED) is 0.843. The van der Waals surface area contributed by atoms with Crippen molar-refractivity contribution in [3.63, 3.8) is 0 Å². The average molecular weight is 377 g/mol. The van der Waals surface area contributed by atoms with Crippen LogP contribution in [0.3, 0.4) is 0 Å². The molecule has 1 aromatic heterocycles. The fourth-order valence-electron chi connectivity index (χ4n) is 2.47. The summed E-state index contributed by atoms with van der Waals surface area (Å²) in [5, 5.41) is 3.34. The zero-order valence-electron chi connectivity index (χ0n) is 14.8. The summed E-state index contributed by atoms with van der Waals surface area (Å²) in [4.78, 5) is 29.6. The van der Waals surface area contributed by atoms with Crippen LogP contribution < -0.4 is 15.1 Å². The van der Waals surface area contributed by atoms with Crippen molar-refractivity contribution in [1.82, 2.24) is 20.3 Å². The second kappa shape index (κ2) is 8.29. The number of morpholine rings is 1. The molecule has 2 heterocycles. The van der Waals surface area contributed by atoms with Crippen LogP contribution in [0.15, 0.2) is 24.3 Å². The van der Waals surface area contributed by atoms with Gasteiger partial charge in [-0.1, -0.05) is 17.7 Å². The van der Waals surface area contributed by atoms with Gasteiger partial charge in [-0.05, 0) is 18.2 Å². The van der Waals surface area contributed by atoms with Crippen molar-refractivity contribution in [1.29, 1.82) is 0 Å². The van der Waals surface area contributed by atoms with E-state index in [-0.39, 0.29) is 12.5 Å². The maximum Gasteiger partial charge on any atom is 0.251 e. The van der Waals surface area contributed by atoms with E-state index in [0.717, 1.165) is 13.1 Å². The van der Waals surface area contributed by atoms with E-state index in [1.54, 1.807) is 24.3 Å². The Labute approximate surface area is 157 Å².